The largest absolute Gasteiger partial charge is 0.385 e. The van der Waals surface area contributed by atoms with Gasteiger partial charge in [0.15, 0.2) is 0 Å². The molecule has 27 heavy (non-hydrogen) atoms. The van der Waals surface area contributed by atoms with Gasteiger partial charge in [-0.15, -0.1) is 0 Å². The van der Waals surface area contributed by atoms with Crippen LogP contribution >= 0.6 is 23.2 Å². The van der Waals surface area contributed by atoms with Gasteiger partial charge < -0.3 is 10.4 Å². The van der Waals surface area contributed by atoms with Crippen LogP contribution in [0.25, 0.3) is 0 Å². The number of likely N-dealkylation sites (tertiary alicyclic amines) is 1. The van der Waals surface area contributed by atoms with Crippen molar-refractivity contribution >= 4 is 29.1 Å². The standard InChI is InChI=1S/C21H24Cl2N2O2/c1-15(26)24-14-20(16-7-8-18(22)19(23)13-16)25-11-9-21(27,10-12-25)17-5-3-2-4-6-17/h2-8,13,20,27H,9-12,14H2,1H3,(H,24,26). The Morgan fingerprint density at radius 1 is 1.15 bits per heavy atom. The van der Waals surface area contributed by atoms with Crippen molar-refractivity contribution in [3.8, 4) is 0 Å². The fourth-order valence-electron chi connectivity index (χ4n) is 3.66. The van der Waals surface area contributed by atoms with Gasteiger partial charge in [0, 0.05) is 26.6 Å². The monoisotopic (exact) mass is 406 g/mol. The van der Waals surface area contributed by atoms with E-state index < -0.39 is 5.60 Å². The van der Waals surface area contributed by atoms with Crippen molar-refractivity contribution < 1.29 is 9.90 Å². The van der Waals surface area contributed by atoms with E-state index in [9.17, 15) is 9.90 Å². The van der Waals surface area contributed by atoms with E-state index in [4.69, 9.17) is 23.2 Å². The molecule has 4 nitrogen and oxygen atoms in total. The Kier molecular flexibility index (Phi) is 6.43. The van der Waals surface area contributed by atoms with E-state index in [-0.39, 0.29) is 11.9 Å². The average Bonchev–Trinajstić information content (AvgIpc) is 2.66. The van der Waals surface area contributed by atoms with Gasteiger partial charge in [-0.1, -0.05) is 59.6 Å². The van der Waals surface area contributed by atoms with Gasteiger partial charge in [-0.3, -0.25) is 9.69 Å². The number of amides is 1. The molecule has 2 aromatic carbocycles. The third-order valence-electron chi connectivity index (χ3n) is 5.25. The first-order valence-electron chi connectivity index (χ1n) is 9.10. The zero-order valence-electron chi connectivity index (χ0n) is 15.3. The SMILES string of the molecule is CC(=O)NCC(c1ccc(Cl)c(Cl)c1)N1CCC(O)(c2ccccc2)CC1. The molecule has 2 N–H and O–H groups in total. The molecule has 1 aliphatic heterocycles. The number of nitrogens with zero attached hydrogens (tertiary/aromatic N) is 1. The molecule has 144 valence electrons. The lowest BCUT2D eigenvalue weighted by atomic mass is 9.83. The zero-order valence-corrected chi connectivity index (χ0v) is 16.8. The number of hydrogen-bond acceptors (Lipinski definition) is 3. The quantitative estimate of drug-likeness (QED) is 0.783. The van der Waals surface area contributed by atoms with Gasteiger partial charge in [-0.25, -0.2) is 0 Å². The van der Waals surface area contributed by atoms with Crippen LogP contribution in [0.5, 0.6) is 0 Å². The summed E-state index contributed by atoms with van der Waals surface area (Å²) in [6.07, 6.45) is 1.27. The van der Waals surface area contributed by atoms with Gasteiger partial charge in [0.05, 0.1) is 21.7 Å². The second-order valence-electron chi connectivity index (χ2n) is 7.06. The molecule has 0 aromatic heterocycles. The van der Waals surface area contributed by atoms with Crippen LogP contribution in [0, 0.1) is 0 Å². The van der Waals surface area contributed by atoms with Crippen LogP contribution in [-0.4, -0.2) is 35.5 Å². The molecule has 1 unspecified atom stereocenters. The van der Waals surface area contributed by atoms with Crippen LogP contribution in [0.15, 0.2) is 48.5 Å². The third kappa shape index (κ3) is 4.82. The molecule has 0 saturated carbocycles. The highest BCUT2D eigenvalue weighted by atomic mass is 35.5. The maximum atomic E-state index is 11.5. The topological polar surface area (TPSA) is 52.6 Å². The van der Waals surface area contributed by atoms with Gasteiger partial charge in [0.25, 0.3) is 0 Å². The lowest BCUT2D eigenvalue weighted by Crippen LogP contribution is -2.46. The highest BCUT2D eigenvalue weighted by molar-refractivity contribution is 6.42. The minimum atomic E-state index is -0.812. The maximum Gasteiger partial charge on any atom is 0.216 e. The molecular formula is C21H24Cl2N2O2. The smallest absolute Gasteiger partial charge is 0.216 e. The van der Waals surface area contributed by atoms with Crippen molar-refractivity contribution in [1.29, 1.82) is 0 Å². The summed E-state index contributed by atoms with van der Waals surface area (Å²) in [6, 6.07) is 15.4. The Morgan fingerprint density at radius 2 is 1.81 bits per heavy atom. The summed E-state index contributed by atoms with van der Waals surface area (Å²) >= 11 is 12.3. The Labute approximate surface area is 170 Å². The van der Waals surface area contributed by atoms with Crippen LogP contribution in [0.4, 0.5) is 0 Å². The second-order valence-corrected chi connectivity index (χ2v) is 7.87. The van der Waals surface area contributed by atoms with Crippen molar-refractivity contribution in [3.05, 3.63) is 69.7 Å². The summed E-state index contributed by atoms with van der Waals surface area (Å²) in [5, 5.41) is 15.0. The first-order chi connectivity index (χ1) is 12.9. The molecule has 0 radical (unpaired) electrons. The molecule has 1 aliphatic rings. The summed E-state index contributed by atoms with van der Waals surface area (Å²) < 4.78 is 0. The number of carbonyl (C=O) groups excluding carboxylic acids is 1. The van der Waals surface area contributed by atoms with Gasteiger partial charge in [0.2, 0.25) is 5.91 Å². The number of nitrogens with one attached hydrogen (secondary N) is 1. The normalized spacial score (nSPS) is 18.1. The number of piperidine rings is 1. The summed E-state index contributed by atoms with van der Waals surface area (Å²) in [6.45, 7) is 3.43. The second kappa shape index (κ2) is 8.61. The molecule has 0 aliphatic carbocycles. The minimum absolute atomic E-state index is 0.0241. The number of rotatable bonds is 5. The molecule has 0 bridgehead atoms. The molecule has 1 heterocycles. The Morgan fingerprint density at radius 3 is 2.41 bits per heavy atom. The van der Waals surface area contributed by atoms with E-state index in [2.05, 4.69) is 10.2 Å². The minimum Gasteiger partial charge on any atom is -0.385 e. The Bertz CT molecular complexity index is 790. The Hall–Kier alpha value is -1.59. The molecule has 2 aromatic rings. The highest BCUT2D eigenvalue weighted by Gasteiger charge is 2.36. The lowest BCUT2D eigenvalue weighted by molar-refractivity contribution is -0.119. The van der Waals surface area contributed by atoms with Crippen LogP contribution in [0.1, 0.15) is 36.9 Å². The molecular weight excluding hydrogens is 383 g/mol. The lowest BCUT2D eigenvalue weighted by Gasteiger charge is -2.42. The van der Waals surface area contributed by atoms with Crippen LogP contribution in [0.2, 0.25) is 10.0 Å². The molecule has 1 atom stereocenters. The molecule has 6 heteroatoms. The maximum absolute atomic E-state index is 11.5. The van der Waals surface area contributed by atoms with Crippen molar-refractivity contribution in [2.75, 3.05) is 19.6 Å². The van der Waals surface area contributed by atoms with Crippen LogP contribution < -0.4 is 5.32 Å². The fraction of sp³-hybridized carbons (Fsp3) is 0.381. The third-order valence-corrected chi connectivity index (χ3v) is 5.99. The van der Waals surface area contributed by atoms with E-state index in [1.165, 1.54) is 6.92 Å². The van der Waals surface area contributed by atoms with Gasteiger partial charge >= 0.3 is 0 Å². The zero-order chi connectivity index (χ0) is 19.4. The number of aliphatic hydroxyl groups is 1. The molecule has 0 spiro atoms. The fourth-order valence-corrected chi connectivity index (χ4v) is 3.97. The van der Waals surface area contributed by atoms with Crippen molar-refractivity contribution in [2.24, 2.45) is 0 Å². The predicted molar refractivity (Wildman–Crippen MR) is 109 cm³/mol. The number of benzene rings is 2. The van der Waals surface area contributed by atoms with Crippen molar-refractivity contribution in [3.63, 3.8) is 0 Å². The van der Waals surface area contributed by atoms with Crippen molar-refractivity contribution in [2.45, 2.75) is 31.4 Å². The highest BCUT2D eigenvalue weighted by Crippen LogP contribution is 2.36. The predicted octanol–water partition coefficient (Wildman–Crippen LogP) is 4.15. The summed E-state index contributed by atoms with van der Waals surface area (Å²) in [4.78, 5) is 13.7. The molecule has 1 fully saturated rings. The van der Waals surface area contributed by atoms with Gasteiger partial charge in [-0.2, -0.15) is 0 Å². The van der Waals surface area contributed by atoms with Gasteiger partial charge in [0.1, 0.15) is 0 Å². The molecule has 3 rings (SSSR count). The summed E-state index contributed by atoms with van der Waals surface area (Å²) in [5.74, 6) is -0.0714. The first kappa shape index (κ1) is 20.2. The number of carbonyl (C=O) groups is 1. The van der Waals surface area contributed by atoms with Crippen LogP contribution in [-0.2, 0) is 10.4 Å². The van der Waals surface area contributed by atoms with E-state index in [0.717, 1.165) is 24.2 Å². The van der Waals surface area contributed by atoms with E-state index in [1.807, 2.05) is 42.5 Å². The van der Waals surface area contributed by atoms with Gasteiger partial charge in [-0.05, 0) is 36.1 Å². The van der Waals surface area contributed by atoms with E-state index in [1.54, 1.807) is 6.07 Å². The summed E-state index contributed by atoms with van der Waals surface area (Å²) in [7, 11) is 0. The van der Waals surface area contributed by atoms with Crippen LogP contribution in [0.3, 0.4) is 0 Å². The van der Waals surface area contributed by atoms with E-state index >= 15 is 0 Å². The molecule has 1 saturated heterocycles. The average molecular weight is 407 g/mol. The number of halogens is 2. The van der Waals surface area contributed by atoms with Crippen molar-refractivity contribution in [1.82, 2.24) is 10.2 Å². The molecule has 1 amide bonds. The first-order valence-corrected chi connectivity index (χ1v) is 9.86. The Balaban J connectivity index is 1.77. The summed E-state index contributed by atoms with van der Waals surface area (Å²) in [5.41, 5.74) is 1.15. The van der Waals surface area contributed by atoms with E-state index in [0.29, 0.717) is 29.4 Å². The number of hydrogen-bond donors (Lipinski definition) is 2.